The second kappa shape index (κ2) is 14.1. The van der Waals surface area contributed by atoms with Crippen molar-refractivity contribution < 1.29 is 9.13 Å². The number of nitrogens with zero attached hydrogens (tertiary/aromatic N) is 7. The van der Waals surface area contributed by atoms with Gasteiger partial charge in [0.25, 0.3) is 5.56 Å². The fraction of sp³-hybridized carbons (Fsp3) is 0.475. The molecular formula is C40H47FN8O2. The summed E-state index contributed by atoms with van der Waals surface area (Å²) in [7, 11) is 1.50. The minimum atomic E-state index is -0.378. The number of pyridine rings is 1. The number of ether oxygens (including phenoxy) is 1. The van der Waals surface area contributed by atoms with E-state index in [9.17, 15) is 14.4 Å². The summed E-state index contributed by atoms with van der Waals surface area (Å²) in [4.78, 5) is 33.4. The van der Waals surface area contributed by atoms with Gasteiger partial charge in [-0.1, -0.05) is 26.8 Å². The zero-order valence-electron chi connectivity index (χ0n) is 30.1. The fourth-order valence-corrected chi connectivity index (χ4v) is 8.60. The molecule has 2 aromatic heterocycles. The highest BCUT2D eigenvalue weighted by molar-refractivity contribution is 5.96. The molecule has 3 heterocycles. The standard InChI is InChI=1S/C40H47FN8O2/c1-25-24-48(18-17-47(25)16-13-42)39(46-35-20-29-19-33(26(35)2)40(29,3)4)44-30-9-11-32-36(21-30)45-37(28-7-6-14-43-23-28)49(38(32)50)15-12-27-8-10-31(51-5)22-34(27)41/h6-11,14,21-23,25-26,29,33,35H,12,15-20,24H2,1-5H3,(H,44,46)/t25-,26-,29+,33-,35-/m0/s1. The molecule has 0 radical (unpaired) electrons. The van der Waals surface area contributed by atoms with Crippen LogP contribution in [-0.4, -0.2) is 75.7 Å². The molecule has 0 amide bonds. The molecule has 4 aromatic rings. The van der Waals surface area contributed by atoms with Crippen molar-refractivity contribution in [2.45, 2.75) is 65.6 Å². The molecule has 1 aliphatic heterocycles. The van der Waals surface area contributed by atoms with Gasteiger partial charge < -0.3 is 15.0 Å². The second-order valence-corrected chi connectivity index (χ2v) is 15.1. The highest BCUT2D eigenvalue weighted by Gasteiger charge is 2.56. The molecule has 51 heavy (non-hydrogen) atoms. The summed E-state index contributed by atoms with van der Waals surface area (Å²) in [5.41, 5.74) is 2.70. The Morgan fingerprint density at radius 3 is 2.69 bits per heavy atom. The Morgan fingerprint density at radius 1 is 1.16 bits per heavy atom. The van der Waals surface area contributed by atoms with Gasteiger partial charge in [0.05, 0.1) is 36.7 Å². The van der Waals surface area contributed by atoms with Crippen molar-refractivity contribution in [3.63, 3.8) is 0 Å². The summed E-state index contributed by atoms with van der Waals surface area (Å²) in [6, 6.07) is 16.8. The van der Waals surface area contributed by atoms with E-state index in [1.165, 1.54) is 19.6 Å². The number of anilines is 1. The number of hydrogen-bond acceptors (Lipinski definition) is 7. The normalized spacial score (nSPS) is 24.5. The zero-order valence-corrected chi connectivity index (χ0v) is 30.1. The molecule has 3 saturated carbocycles. The van der Waals surface area contributed by atoms with E-state index in [2.05, 4.69) is 53.9 Å². The van der Waals surface area contributed by atoms with Crippen LogP contribution in [0.5, 0.6) is 5.75 Å². The lowest BCUT2D eigenvalue weighted by Gasteiger charge is -2.61. The number of methoxy groups -OCH3 is 1. The molecular weight excluding hydrogens is 643 g/mol. The van der Waals surface area contributed by atoms with Gasteiger partial charge in [-0.05, 0) is 91.3 Å². The molecule has 3 aliphatic carbocycles. The van der Waals surface area contributed by atoms with Crippen LogP contribution in [0.2, 0.25) is 0 Å². The Hall–Kier alpha value is -4.82. The first kappa shape index (κ1) is 34.6. The van der Waals surface area contributed by atoms with E-state index in [0.29, 0.717) is 69.7 Å². The predicted molar refractivity (Wildman–Crippen MR) is 198 cm³/mol. The predicted octanol–water partition coefficient (Wildman–Crippen LogP) is 6.22. The molecule has 10 nitrogen and oxygen atoms in total. The highest BCUT2D eigenvalue weighted by atomic mass is 19.1. The van der Waals surface area contributed by atoms with Gasteiger partial charge in [0.15, 0.2) is 5.96 Å². The molecule has 0 spiro atoms. The summed E-state index contributed by atoms with van der Waals surface area (Å²) in [6.45, 7) is 12.3. The van der Waals surface area contributed by atoms with E-state index in [1.807, 2.05) is 30.3 Å². The number of nitriles is 1. The molecule has 4 fully saturated rings. The van der Waals surface area contributed by atoms with Crippen LogP contribution < -0.4 is 15.6 Å². The number of benzene rings is 2. The lowest BCUT2D eigenvalue weighted by atomic mass is 9.45. The van der Waals surface area contributed by atoms with Crippen molar-refractivity contribution in [3.8, 4) is 23.2 Å². The fourth-order valence-electron chi connectivity index (χ4n) is 8.60. The van der Waals surface area contributed by atoms with E-state index >= 15 is 0 Å². The summed E-state index contributed by atoms with van der Waals surface area (Å²) in [6.07, 6.45) is 6.03. The number of halogens is 1. The van der Waals surface area contributed by atoms with Crippen LogP contribution in [0, 0.1) is 40.3 Å². The number of nitrogens with one attached hydrogen (secondary N) is 1. The van der Waals surface area contributed by atoms with Crippen molar-refractivity contribution in [2.75, 3.05) is 38.6 Å². The Balaban J connectivity index is 1.22. The van der Waals surface area contributed by atoms with Crippen LogP contribution >= 0.6 is 0 Å². The van der Waals surface area contributed by atoms with Gasteiger partial charge in [0.1, 0.15) is 17.4 Å². The minimum absolute atomic E-state index is 0.200. The summed E-state index contributed by atoms with van der Waals surface area (Å²) in [5.74, 6) is 3.19. The first-order valence-corrected chi connectivity index (χ1v) is 18.1. The lowest BCUT2D eigenvalue weighted by Crippen LogP contribution is -2.58. The van der Waals surface area contributed by atoms with Gasteiger partial charge in [0, 0.05) is 61.9 Å². The number of aryl methyl sites for hydroxylation is 1. The number of guanidine groups is 1. The molecule has 8 rings (SSSR count). The van der Waals surface area contributed by atoms with E-state index < -0.39 is 0 Å². The minimum Gasteiger partial charge on any atom is -0.497 e. The smallest absolute Gasteiger partial charge is 0.261 e. The Kier molecular flexibility index (Phi) is 9.55. The first-order valence-electron chi connectivity index (χ1n) is 18.1. The summed E-state index contributed by atoms with van der Waals surface area (Å²) >= 11 is 0. The molecule has 2 bridgehead atoms. The molecule has 266 valence electrons. The van der Waals surface area contributed by atoms with Crippen molar-refractivity contribution in [1.82, 2.24) is 24.3 Å². The maximum atomic E-state index is 14.9. The van der Waals surface area contributed by atoms with Gasteiger partial charge in [0.2, 0.25) is 0 Å². The third-order valence-corrected chi connectivity index (χ3v) is 11.9. The summed E-state index contributed by atoms with van der Waals surface area (Å²) < 4.78 is 21.6. The third kappa shape index (κ3) is 6.69. The molecule has 1 N–H and O–H groups in total. The monoisotopic (exact) mass is 690 g/mol. The third-order valence-electron chi connectivity index (χ3n) is 11.9. The van der Waals surface area contributed by atoms with E-state index in [-0.39, 0.29) is 30.0 Å². The van der Waals surface area contributed by atoms with Crippen LogP contribution in [0.15, 0.2) is 70.7 Å². The summed E-state index contributed by atoms with van der Waals surface area (Å²) in [5, 5.41) is 13.5. The van der Waals surface area contributed by atoms with Crippen LogP contribution in [0.3, 0.4) is 0 Å². The van der Waals surface area contributed by atoms with Crippen LogP contribution in [0.25, 0.3) is 22.3 Å². The molecule has 1 saturated heterocycles. The van der Waals surface area contributed by atoms with Crippen molar-refractivity contribution in [3.05, 3.63) is 82.7 Å². The van der Waals surface area contributed by atoms with Gasteiger partial charge >= 0.3 is 0 Å². The largest absolute Gasteiger partial charge is 0.497 e. The van der Waals surface area contributed by atoms with E-state index in [1.54, 1.807) is 29.1 Å². The van der Waals surface area contributed by atoms with Crippen LogP contribution in [0.4, 0.5) is 10.1 Å². The van der Waals surface area contributed by atoms with Crippen molar-refractivity contribution >= 4 is 22.5 Å². The zero-order chi connectivity index (χ0) is 35.9. The van der Waals surface area contributed by atoms with Gasteiger partial charge in [-0.2, -0.15) is 5.26 Å². The number of hydrogen-bond donors (Lipinski definition) is 1. The quantitative estimate of drug-likeness (QED) is 0.132. The number of fused-ring (bicyclic) bond motifs is 3. The van der Waals surface area contributed by atoms with E-state index in [4.69, 9.17) is 14.7 Å². The second-order valence-electron chi connectivity index (χ2n) is 15.1. The van der Waals surface area contributed by atoms with Crippen LogP contribution in [0.1, 0.15) is 46.1 Å². The number of aromatic nitrogens is 3. The Labute approximate surface area is 299 Å². The maximum absolute atomic E-state index is 14.9. The van der Waals surface area contributed by atoms with E-state index in [0.717, 1.165) is 37.7 Å². The molecule has 5 atom stereocenters. The number of piperazine rings is 1. The SMILES string of the molecule is COc1ccc(CCn2c(-c3cccnc3)nc3cc(N/C(=N/[C@H]4C[C@H]5C[C@@H]([C@@H]4C)C5(C)C)N4CCN(CC#N)[C@@H](C)C4)ccc3c2=O)c(F)c1. The van der Waals surface area contributed by atoms with Crippen LogP contribution in [-0.2, 0) is 13.0 Å². The van der Waals surface area contributed by atoms with Gasteiger partial charge in [-0.15, -0.1) is 0 Å². The average Bonchev–Trinajstić information content (AvgIpc) is 3.13. The lowest BCUT2D eigenvalue weighted by molar-refractivity contribution is -0.108. The molecule has 0 unspecified atom stereocenters. The van der Waals surface area contributed by atoms with Gasteiger partial charge in [-0.25, -0.2) is 14.4 Å². The molecule has 11 heteroatoms. The molecule has 2 aromatic carbocycles. The average molecular weight is 691 g/mol. The van der Waals surface area contributed by atoms with Crippen molar-refractivity contribution in [1.29, 1.82) is 5.26 Å². The maximum Gasteiger partial charge on any atom is 0.261 e. The van der Waals surface area contributed by atoms with Gasteiger partial charge in [-0.3, -0.25) is 19.2 Å². The Bertz CT molecular complexity index is 2040. The van der Waals surface area contributed by atoms with Crippen molar-refractivity contribution in [2.24, 2.45) is 28.2 Å². The number of aliphatic imine (C=N–C) groups is 1. The molecule has 4 aliphatic rings. The topological polar surface area (TPSA) is 112 Å². The Morgan fingerprint density at radius 2 is 2.00 bits per heavy atom. The number of rotatable bonds is 8. The highest BCUT2D eigenvalue weighted by Crippen LogP contribution is 2.61. The first-order chi connectivity index (χ1) is 24.6.